The van der Waals surface area contributed by atoms with Crippen LogP contribution < -0.4 is 10.9 Å². The molecular weight excluding hydrogens is 309 g/mol. The lowest BCUT2D eigenvalue weighted by atomic mass is 10.2. The van der Waals surface area contributed by atoms with Crippen LogP contribution >= 0.6 is 0 Å². The lowest BCUT2D eigenvalue weighted by Gasteiger charge is -2.11. The Hall–Kier alpha value is -3.01. The summed E-state index contributed by atoms with van der Waals surface area (Å²) in [5.41, 5.74) is -0.769. The van der Waals surface area contributed by atoms with Crippen molar-refractivity contribution in [2.45, 2.75) is 12.7 Å². The minimum Gasteiger partial charge on any atom is -0.324 e. The fraction of sp³-hybridized carbons (Fsp3) is 0.125. The third-order valence-electron chi connectivity index (χ3n) is 2.94. The Kier molecular flexibility index (Phi) is 4.55. The highest BCUT2D eigenvalue weighted by molar-refractivity contribution is 5.90. The second kappa shape index (κ2) is 6.40. The van der Waals surface area contributed by atoms with Gasteiger partial charge in [0.25, 0.3) is 5.56 Å². The fourth-order valence-electron chi connectivity index (χ4n) is 1.86. The third-order valence-corrected chi connectivity index (χ3v) is 2.94. The molecule has 1 N–H and O–H groups in total. The van der Waals surface area contributed by atoms with Crippen LogP contribution in [0.15, 0.2) is 47.4 Å². The Bertz CT molecular complexity index is 832. The Morgan fingerprint density at radius 1 is 1.26 bits per heavy atom. The molecule has 0 spiro atoms. The summed E-state index contributed by atoms with van der Waals surface area (Å²) in [7, 11) is 0. The van der Waals surface area contributed by atoms with Crippen molar-refractivity contribution >= 4 is 11.6 Å². The number of terminal acetylenes is 1. The van der Waals surface area contributed by atoms with Crippen LogP contribution in [0.5, 0.6) is 0 Å². The quantitative estimate of drug-likeness (QED) is 0.884. The SMILES string of the molecule is C#Cc1cccc(NC(=O)Cn2cc(C(F)(F)F)ccc2=O)c1. The average molecular weight is 320 g/mol. The first kappa shape index (κ1) is 16.4. The van der Waals surface area contributed by atoms with Gasteiger partial charge >= 0.3 is 6.18 Å². The molecule has 0 radical (unpaired) electrons. The van der Waals surface area contributed by atoms with Crippen LogP contribution in [0.25, 0.3) is 0 Å². The van der Waals surface area contributed by atoms with Gasteiger partial charge in [-0.05, 0) is 24.3 Å². The second-order valence-corrected chi connectivity index (χ2v) is 4.65. The van der Waals surface area contributed by atoms with Gasteiger partial charge in [0.1, 0.15) is 6.54 Å². The van der Waals surface area contributed by atoms with Gasteiger partial charge in [-0.25, -0.2) is 0 Å². The van der Waals surface area contributed by atoms with E-state index in [9.17, 15) is 22.8 Å². The molecule has 118 valence electrons. The van der Waals surface area contributed by atoms with E-state index in [0.717, 1.165) is 6.07 Å². The monoisotopic (exact) mass is 320 g/mol. The lowest BCUT2D eigenvalue weighted by Crippen LogP contribution is -2.28. The Morgan fingerprint density at radius 3 is 2.65 bits per heavy atom. The number of anilines is 1. The van der Waals surface area contributed by atoms with Crippen LogP contribution in [0.3, 0.4) is 0 Å². The summed E-state index contributed by atoms with van der Waals surface area (Å²) in [6, 6.07) is 7.84. The van der Waals surface area contributed by atoms with E-state index in [1.165, 1.54) is 6.07 Å². The lowest BCUT2D eigenvalue weighted by molar-refractivity contribution is -0.138. The molecule has 1 aromatic heterocycles. The van der Waals surface area contributed by atoms with E-state index in [2.05, 4.69) is 11.2 Å². The van der Waals surface area contributed by atoms with Crippen LogP contribution in [-0.4, -0.2) is 10.5 Å². The van der Waals surface area contributed by atoms with Crippen molar-refractivity contribution in [3.8, 4) is 12.3 Å². The van der Waals surface area contributed by atoms with Crippen molar-refractivity contribution in [1.29, 1.82) is 0 Å². The van der Waals surface area contributed by atoms with Crippen LogP contribution in [-0.2, 0) is 17.5 Å². The number of pyridine rings is 1. The molecule has 0 atom stereocenters. The summed E-state index contributed by atoms with van der Waals surface area (Å²) in [5.74, 6) is 1.75. The zero-order valence-corrected chi connectivity index (χ0v) is 11.7. The molecule has 2 rings (SSSR count). The molecule has 0 saturated heterocycles. The maximum absolute atomic E-state index is 12.6. The summed E-state index contributed by atoms with van der Waals surface area (Å²) in [6.07, 6.45) is 1.26. The predicted molar refractivity (Wildman–Crippen MR) is 78.7 cm³/mol. The van der Waals surface area contributed by atoms with E-state index in [4.69, 9.17) is 6.42 Å². The molecule has 23 heavy (non-hydrogen) atoms. The van der Waals surface area contributed by atoms with Crippen LogP contribution in [0.2, 0.25) is 0 Å². The summed E-state index contributed by atoms with van der Waals surface area (Å²) < 4.78 is 38.6. The smallest absolute Gasteiger partial charge is 0.324 e. The predicted octanol–water partition coefficient (Wildman–Crippen LogP) is 2.49. The Balaban J connectivity index is 2.17. The number of alkyl halides is 3. The van der Waals surface area contributed by atoms with Crippen LogP contribution in [0.1, 0.15) is 11.1 Å². The van der Waals surface area contributed by atoms with E-state index in [1.54, 1.807) is 18.2 Å². The van der Waals surface area contributed by atoms with Gasteiger partial charge in [0.05, 0.1) is 5.56 Å². The molecule has 0 fully saturated rings. The molecule has 0 saturated carbocycles. The minimum atomic E-state index is -4.59. The van der Waals surface area contributed by atoms with E-state index >= 15 is 0 Å². The number of carbonyl (C=O) groups excluding carboxylic acids is 1. The molecule has 4 nitrogen and oxygen atoms in total. The number of nitrogens with one attached hydrogen (secondary N) is 1. The minimum absolute atomic E-state index is 0.394. The summed E-state index contributed by atoms with van der Waals surface area (Å²) in [6.45, 7) is -0.539. The van der Waals surface area contributed by atoms with Gasteiger partial charge < -0.3 is 9.88 Å². The van der Waals surface area contributed by atoms with Gasteiger partial charge in [0.15, 0.2) is 0 Å². The molecule has 2 aromatic rings. The highest BCUT2D eigenvalue weighted by Crippen LogP contribution is 2.27. The molecule has 0 aliphatic carbocycles. The summed E-state index contributed by atoms with van der Waals surface area (Å²) >= 11 is 0. The first-order chi connectivity index (χ1) is 10.8. The van der Waals surface area contributed by atoms with Crippen molar-refractivity contribution in [3.63, 3.8) is 0 Å². The average Bonchev–Trinajstić information content (AvgIpc) is 2.48. The number of benzene rings is 1. The zero-order chi connectivity index (χ0) is 17.0. The number of nitrogens with zero attached hydrogens (tertiary/aromatic N) is 1. The third kappa shape index (κ3) is 4.23. The van der Waals surface area contributed by atoms with Crippen molar-refractivity contribution in [2.24, 2.45) is 0 Å². The highest BCUT2D eigenvalue weighted by Gasteiger charge is 2.31. The largest absolute Gasteiger partial charge is 0.417 e. The summed E-state index contributed by atoms with van der Waals surface area (Å²) in [4.78, 5) is 23.5. The molecule has 1 amide bonds. The van der Waals surface area contributed by atoms with Crippen molar-refractivity contribution in [2.75, 3.05) is 5.32 Å². The number of hydrogen-bond acceptors (Lipinski definition) is 2. The van der Waals surface area contributed by atoms with Crippen molar-refractivity contribution in [1.82, 2.24) is 4.57 Å². The summed E-state index contributed by atoms with van der Waals surface area (Å²) in [5, 5.41) is 2.48. The van der Waals surface area contributed by atoms with E-state index in [1.807, 2.05) is 0 Å². The number of carbonyl (C=O) groups is 1. The van der Waals surface area contributed by atoms with Gasteiger partial charge in [-0.1, -0.05) is 12.0 Å². The molecule has 0 bridgehead atoms. The number of aromatic nitrogens is 1. The molecule has 0 aliphatic heterocycles. The number of amides is 1. The standard InChI is InChI=1S/C16H11F3N2O2/c1-2-11-4-3-5-13(8-11)20-14(22)10-21-9-12(16(17,18)19)6-7-15(21)23/h1,3-9H,10H2,(H,20,22). The van der Waals surface area contributed by atoms with E-state index in [0.29, 0.717) is 28.1 Å². The fourth-order valence-corrected chi connectivity index (χ4v) is 1.86. The Labute approximate surface area is 129 Å². The van der Waals surface area contributed by atoms with Gasteiger partial charge in [0.2, 0.25) is 5.91 Å². The normalized spacial score (nSPS) is 10.9. The van der Waals surface area contributed by atoms with Crippen LogP contribution in [0, 0.1) is 12.3 Å². The van der Waals surface area contributed by atoms with E-state index < -0.39 is 29.8 Å². The van der Waals surface area contributed by atoms with Crippen LogP contribution in [0.4, 0.5) is 18.9 Å². The topological polar surface area (TPSA) is 51.1 Å². The van der Waals surface area contributed by atoms with Crippen molar-refractivity contribution < 1.29 is 18.0 Å². The zero-order valence-electron chi connectivity index (χ0n) is 11.7. The second-order valence-electron chi connectivity index (χ2n) is 4.65. The number of rotatable bonds is 3. The maximum Gasteiger partial charge on any atom is 0.417 e. The van der Waals surface area contributed by atoms with Gasteiger partial charge in [-0.3, -0.25) is 9.59 Å². The molecular formula is C16H11F3N2O2. The van der Waals surface area contributed by atoms with Crippen molar-refractivity contribution in [3.05, 3.63) is 64.1 Å². The Morgan fingerprint density at radius 2 is 2.00 bits per heavy atom. The highest BCUT2D eigenvalue weighted by atomic mass is 19.4. The molecule has 1 aromatic carbocycles. The molecule has 7 heteroatoms. The van der Waals surface area contributed by atoms with Gasteiger partial charge in [0, 0.05) is 23.5 Å². The first-order valence-electron chi connectivity index (χ1n) is 6.44. The molecule has 1 heterocycles. The number of halogens is 3. The molecule has 0 unspecified atom stereocenters. The van der Waals surface area contributed by atoms with Gasteiger partial charge in [-0.2, -0.15) is 13.2 Å². The van der Waals surface area contributed by atoms with Gasteiger partial charge in [-0.15, -0.1) is 6.42 Å². The first-order valence-corrected chi connectivity index (χ1v) is 6.44. The molecule has 0 aliphatic rings. The maximum atomic E-state index is 12.6. The number of hydrogen-bond donors (Lipinski definition) is 1. The van der Waals surface area contributed by atoms with E-state index in [-0.39, 0.29) is 0 Å².